The molecule has 8 heteroatoms. The van der Waals surface area contributed by atoms with E-state index in [9.17, 15) is 18.0 Å². The molecule has 0 unspecified atom stereocenters. The van der Waals surface area contributed by atoms with E-state index < -0.39 is 12.7 Å². The Bertz CT molecular complexity index is 521. The number of carbonyl (C=O) groups is 1. The summed E-state index contributed by atoms with van der Waals surface area (Å²) in [5.74, 6) is 0.318. The molecule has 1 atom stereocenters. The summed E-state index contributed by atoms with van der Waals surface area (Å²) in [6.07, 6.45) is -1.89. The van der Waals surface area contributed by atoms with E-state index in [1.807, 2.05) is 0 Å². The summed E-state index contributed by atoms with van der Waals surface area (Å²) in [7, 11) is 1.53. The van der Waals surface area contributed by atoms with Crippen LogP contribution < -0.4 is 10.6 Å². The highest BCUT2D eigenvalue weighted by molar-refractivity contribution is 5.98. The number of hydrogen-bond acceptors (Lipinski definition) is 4. The van der Waals surface area contributed by atoms with Crippen molar-refractivity contribution in [3.63, 3.8) is 0 Å². The summed E-state index contributed by atoms with van der Waals surface area (Å²) in [6, 6.07) is 3.31. The van der Waals surface area contributed by atoms with Gasteiger partial charge in [-0.2, -0.15) is 13.2 Å². The van der Waals surface area contributed by atoms with E-state index in [0.29, 0.717) is 37.4 Å². The molecule has 0 spiro atoms. The predicted molar refractivity (Wildman–Crippen MR) is 76.7 cm³/mol. The highest BCUT2D eigenvalue weighted by atomic mass is 19.4. The van der Waals surface area contributed by atoms with Gasteiger partial charge in [0.15, 0.2) is 0 Å². The standard InChI is InChI=1S/C14H19F3N4O/c1-18-13(22)11-3-2-5-19-12(11)20-7-10-4-6-21(8-10)9-14(15,16)17/h2-3,5,10H,4,6-9H2,1H3,(H,18,22)(H,19,20)/t10-/m1/s1. The molecule has 0 saturated carbocycles. The van der Waals surface area contributed by atoms with Crippen molar-refractivity contribution >= 4 is 11.7 Å². The van der Waals surface area contributed by atoms with Crippen molar-refractivity contribution in [1.29, 1.82) is 0 Å². The number of halogens is 3. The van der Waals surface area contributed by atoms with Gasteiger partial charge in [-0.25, -0.2) is 4.98 Å². The maximum atomic E-state index is 12.4. The molecule has 1 saturated heterocycles. The first-order chi connectivity index (χ1) is 10.4. The first kappa shape index (κ1) is 16.5. The van der Waals surface area contributed by atoms with Crippen molar-refractivity contribution in [2.24, 2.45) is 5.92 Å². The molecule has 1 fully saturated rings. The van der Waals surface area contributed by atoms with E-state index in [1.165, 1.54) is 11.9 Å². The Labute approximate surface area is 126 Å². The monoisotopic (exact) mass is 316 g/mol. The average molecular weight is 316 g/mol. The Morgan fingerprint density at radius 1 is 1.50 bits per heavy atom. The molecule has 2 N–H and O–H groups in total. The van der Waals surface area contributed by atoms with Gasteiger partial charge < -0.3 is 10.6 Å². The minimum absolute atomic E-state index is 0.113. The SMILES string of the molecule is CNC(=O)c1cccnc1NC[C@H]1CCN(CC(F)(F)F)C1. The topological polar surface area (TPSA) is 57.3 Å². The van der Waals surface area contributed by atoms with Crippen LogP contribution in [-0.2, 0) is 0 Å². The van der Waals surface area contributed by atoms with Crippen LogP contribution in [0.2, 0.25) is 0 Å². The summed E-state index contributed by atoms with van der Waals surface area (Å²) in [5.41, 5.74) is 0.426. The Hall–Kier alpha value is -1.83. The molecule has 1 aliphatic rings. The smallest absolute Gasteiger partial charge is 0.369 e. The normalized spacial score (nSPS) is 19.2. The maximum Gasteiger partial charge on any atom is 0.401 e. The highest BCUT2D eigenvalue weighted by Gasteiger charge is 2.34. The largest absolute Gasteiger partial charge is 0.401 e. The molecule has 1 aromatic heterocycles. The van der Waals surface area contributed by atoms with Crippen molar-refractivity contribution in [2.75, 3.05) is 38.5 Å². The summed E-state index contributed by atoms with van der Waals surface area (Å²) in [6.45, 7) is 0.469. The van der Waals surface area contributed by atoms with Gasteiger partial charge in [0.05, 0.1) is 12.1 Å². The third-order valence-corrected chi connectivity index (χ3v) is 3.61. The number of pyridine rings is 1. The zero-order valence-electron chi connectivity index (χ0n) is 12.3. The minimum Gasteiger partial charge on any atom is -0.369 e. The second kappa shape index (κ2) is 6.95. The van der Waals surface area contributed by atoms with Crippen molar-refractivity contribution < 1.29 is 18.0 Å². The van der Waals surface area contributed by atoms with Gasteiger partial charge in [-0.05, 0) is 31.0 Å². The summed E-state index contributed by atoms with van der Waals surface area (Å²) >= 11 is 0. The van der Waals surface area contributed by atoms with Crippen LogP contribution in [0.1, 0.15) is 16.8 Å². The number of rotatable bonds is 5. The van der Waals surface area contributed by atoms with Gasteiger partial charge in [-0.15, -0.1) is 0 Å². The number of likely N-dealkylation sites (tertiary alicyclic amines) is 1. The van der Waals surface area contributed by atoms with Crippen molar-refractivity contribution in [2.45, 2.75) is 12.6 Å². The number of carbonyl (C=O) groups excluding carboxylic acids is 1. The Morgan fingerprint density at radius 2 is 2.27 bits per heavy atom. The predicted octanol–water partition coefficient (Wildman–Crippen LogP) is 1.74. The maximum absolute atomic E-state index is 12.4. The highest BCUT2D eigenvalue weighted by Crippen LogP contribution is 2.23. The van der Waals surface area contributed by atoms with Crippen LogP contribution in [0.5, 0.6) is 0 Å². The Kier molecular flexibility index (Phi) is 5.23. The fourth-order valence-electron chi connectivity index (χ4n) is 2.58. The van der Waals surface area contributed by atoms with Gasteiger partial charge in [0.1, 0.15) is 5.82 Å². The van der Waals surface area contributed by atoms with Gasteiger partial charge in [0.25, 0.3) is 5.91 Å². The number of amides is 1. The van der Waals surface area contributed by atoms with Crippen LogP contribution in [-0.4, -0.2) is 55.2 Å². The molecule has 2 heterocycles. The van der Waals surface area contributed by atoms with Gasteiger partial charge in [0, 0.05) is 26.3 Å². The second-order valence-corrected chi connectivity index (χ2v) is 5.36. The van der Waals surface area contributed by atoms with E-state index in [0.717, 1.165) is 0 Å². The molecule has 5 nitrogen and oxygen atoms in total. The number of nitrogens with one attached hydrogen (secondary N) is 2. The van der Waals surface area contributed by atoms with Crippen LogP contribution >= 0.6 is 0 Å². The van der Waals surface area contributed by atoms with E-state index in [-0.39, 0.29) is 11.8 Å². The summed E-state index contributed by atoms with van der Waals surface area (Å²) < 4.78 is 37.1. The molecular weight excluding hydrogens is 297 g/mol. The molecule has 0 bridgehead atoms. The number of anilines is 1. The molecule has 0 aliphatic carbocycles. The molecule has 1 amide bonds. The lowest BCUT2D eigenvalue weighted by molar-refractivity contribution is -0.143. The lowest BCUT2D eigenvalue weighted by Gasteiger charge is -2.18. The van der Waals surface area contributed by atoms with Crippen molar-refractivity contribution in [3.8, 4) is 0 Å². The first-order valence-corrected chi connectivity index (χ1v) is 7.09. The Balaban J connectivity index is 1.88. The van der Waals surface area contributed by atoms with Crippen LogP contribution in [0.15, 0.2) is 18.3 Å². The van der Waals surface area contributed by atoms with Gasteiger partial charge in [-0.1, -0.05) is 0 Å². The minimum atomic E-state index is -4.16. The summed E-state index contributed by atoms with van der Waals surface area (Å²) in [4.78, 5) is 17.2. The molecule has 22 heavy (non-hydrogen) atoms. The third kappa shape index (κ3) is 4.59. The average Bonchev–Trinajstić information content (AvgIpc) is 2.90. The molecule has 2 rings (SSSR count). The lowest BCUT2D eigenvalue weighted by Crippen LogP contribution is -2.33. The zero-order chi connectivity index (χ0) is 16.2. The second-order valence-electron chi connectivity index (χ2n) is 5.36. The third-order valence-electron chi connectivity index (χ3n) is 3.61. The van der Waals surface area contributed by atoms with E-state index >= 15 is 0 Å². The van der Waals surface area contributed by atoms with E-state index in [1.54, 1.807) is 18.3 Å². The van der Waals surface area contributed by atoms with Crippen LogP contribution in [0.25, 0.3) is 0 Å². The van der Waals surface area contributed by atoms with Crippen molar-refractivity contribution in [1.82, 2.24) is 15.2 Å². The number of nitrogens with zero attached hydrogens (tertiary/aromatic N) is 2. The van der Waals surface area contributed by atoms with Crippen LogP contribution in [0, 0.1) is 5.92 Å². The zero-order valence-corrected chi connectivity index (χ0v) is 12.3. The molecule has 1 aromatic rings. The van der Waals surface area contributed by atoms with Gasteiger partial charge >= 0.3 is 6.18 Å². The first-order valence-electron chi connectivity index (χ1n) is 7.09. The molecule has 0 aromatic carbocycles. The van der Waals surface area contributed by atoms with Crippen LogP contribution in [0.4, 0.5) is 19.0 Å². The lowest BCUT2D eigenvalue weighted by atomic mass is 10.1. The molecular formula is C14H19F3N4O. The quantitative estimate of drug-likeness (QED) is 0.869. The number of alkyl halides is 3. The molecule has 0 radical (unpaired) electrons. The fraction of sp³-hybridized carbons (Fsp3) is 0.571. The van der Waals surface area contributed by atoms with E-state index in [2.05, 4.69) is 15.6 Å². The summed E-state index contributed by atoms with van der Waals surface area (Å²) in [5, 5.41) is 5.60. The fourth-order valence-corrected chi connectivity index (χ4v) is 2.58. The number of hydrogen-bond donors (Lipinski definition) is 2. The molecule has 1 aliphatic heterocycles. The Morgan fingerprint density at radius 3 is 2.95 bits per heavy atom. The van der Waals surface area contributed by atoms with Gasteiger partial charge in [-0.3, -0.25) is 9.69 Å². The molecule has 122 valence electrons. The van der Waals surface area contributed by atoms with Crippen molar-refractivity contribution in [3.05, 3.63) is 23.9 Å². The van der Waals surface area contributed by atoms with E-state index in [4.69, 9.17) is 0 Å². The van der Waals surface area contributed by atoms with Gasteiger partial charge in [0.2, 0.25) is 0 Å². The van der Waals surface area contributed by atoms with Crippen LogP contribution in [0.3, 0.4) is 0 Å². The number of aromatic nitrogens is 1.